The molecule has 0 amide bonds. The topological polar surface area (TPSA) is 100 Å². The van der Waals surface area contributed by atoms with Crippen LogP contribution in [0.3, 0.4) is 0 Å². The Morgan fingerprint density at radius 2 is 1.79 bits per heavy atom. The second-order valence-electron chi connectivity index (χ2n) is 6.18. The summed E-state index contributed by atoms with van der Waals surface area (Å²) in [4.78, 5) is 21.4. The minimum atomic E-state index is -1.26. The number of aliphatic carboxylic acids is 2. The molecule has 0 fully saturated rings. The lowest BCUT2D eigenvalue weighted by atomic mass is 10.0. The van der Waals surface area contributed by atoms with Crippen LogP contribution in [0.1, 0.15) is 16.9 Å². The van der Waals surface area contributed by atoms with Crippen LogP contribution in [0.15, 0.2) is 47.1 Å². The van der Waals surface area contributed by atoms with Crippen LogP contribution in [0.2, 0.25) is 5.02 Å². The van der Waals surface area contributed by atoms with Crippen LogP contribution in [-0.4, -0.2) is 47.2 Å². The fourth-order valence-corrected chi connectivity index (χ4v) is 3.00. The Labute approximate surface area is 167 Å². The van der Waals surface area contributed by atoms with Gasteiger partial charge in [-0.05, 0) is 49.7 Å². The van der Waals surface area contributed by atoms with Crippen LogP contribution < -0.4 is 4.74 Å². The maximum absolute atomic E-state index is 9.55. The number of rotatable bonds is 5. The Hall–Kier alpha value is -2.77. The number of carboxylic acids is 2. The van der Waals surface area contributed by atoms with Gasteiger partial charge in [-0.15, -0.1) is 0 Å². The summed E-state index contributed by atoms with van der Waals surface area (Å²) in [6, 6.07) is 7.69. The number of hydrogen-bond donors (Lipinski definition) is 2. The first-order valence-corrected chi connectivity index (χ1v) is 9.02. The molecule has 7 nitrogen and oxygen atoms in total. The number of nitrogens with zero attached hydrogens (tertiary/aromatic N) is 1. The van der Waals surface area contributed by atoms with Gasteiger partial charge in [-0.3, -0.25) is 0 Å². The summed E-state index contributed by atoms with van der Waals surface area (Å²) < 4.78 is 11.2. The molecule has 1 aromatic carbocycles. The lowest BCUT2D eigenvalue weighted by Crippen LogP contribution is -2.20. The zero-order valence-corrected chi connectivity index (χ0v) is 16.2. The third-order valence-electron chi connectivity index (χ3n) is 4.14. The highest BCUT2D eigenvalue weighted by atomic mass is 35.5. The van der Waals surface area contributed by atoms with Crippen molar-refractivity contribution in [2.75, 3.05) is 20.1 Å². The van der Waals surface area contributed by atoms with Crippen LogP contribution in [0.4, 0.5) is 0 Å². The lowest BCUT2D eigenvalue weighted by Gasteiger charge is -2.14. The van der Waals surface area contributed by atoms with Crippen molar-refractivity contribution in [2.45, 2.75) is 19.4 Å². The molecule has 150 valence electrons. The number of benzene rings is 1. The first-order chi connectivity index (χ1) is 13.4. The van der Waals surface area contributed by atoms with Gasteiger partial charge >= 0.3 is 11.9 Å². The van der Waals surface area contributed by atoms with Crippen molar-refractivity contribution in [3.63, 3.8) is 0 Å². The molecule has 28 heavy (non-hydrogen) atoms. The van der Waals surface area contributed by atoms with Crippen molar-refractivity contribution in [3.05, 3.63) is 64.6 Å². The summed E-state index contributed by atoms with van der Waals surface area (Å²) >= 11 is 6.34. The quantitative estimate of drug-likeness (QED) is 0.733. The van der Waals surface area contributed by atoms with E-state index in [1.165, 1.54) is 11.1 Å². The maximum atomic E-state index is 9.55. The molecule has 0 saturated carbocycles. The van der Waals surface area contributed by atoms with E-state index in [0.717, 1.165) is 42.5 Å². The second-order valence-corrected chi connectivity index (χ2v) is 6.59. The van der Waals surface area contributed by atoms with E-state index in [0.29, 0.717) is 18.8 Å². The molecule has 0 spiro atoms. The molecular weight excluding hydrogens is 386 g/mol. The molecule has 8 heteroatoms. The fraction of sp³-hybridized carbons (Fsp3) is 0.300. The van der Waals surface area contributed by atoms with Gasteiger partial charge in [0.1, 0.15) is 18.1 Å². The molecule has 2 heterocycles. The van der Waals surface area contributed by atoms with E-state index in [1.807, 2.05) is 24.3 Å². The molecule has 2 N–H and O–H groups in total. The summed E-state index contributed by atoms with van der Waals surface area (Å²) in [5.74, 6) is -0.754. The maximum Gasteiger partial charge on any atom is 0.328 e. The Bertz CT molecular complexity index is 815. The molecule has 0 bridgehead atoms. The first-order valence-electron chi connectivity index (χ1n) is 8.64. The predicted octanol–water partition coefficient (Wildman–Crippen LogP) is 3.25. The number of ether oxygens (including phenoxy) is 1. The summed E-state index contributed by atoms with van der Waals surface area (Å²) in [6.45, 7) is 2.52. The molecule has 0 saturated heterocycles. The number of halogens is 1. The third-order valence-corrected chi connectivity index (χ3v) is 4.49. The molecule has 3 rings (SSSR count). The second kappa shape index (κ2) is 10.5. The lowest BCUT2D eigenvalue weighted by molar-refractivity contribution is -0.134. The highest BCUT2D eigenvalue weighted by molar-refractivity contribution is 6.31. The molecule has 1 aliphatic heterocycles. The van der Waals surface area contributed by atoms with E-state index in [1.54, 1.807) is 6.26 Å². The first kappa shape index (κ1) is 21.5. The molecule has 0 atom stereocenters. The number of fused-ring (bicyclic) bond motifs is 1. The van der Waals surface area contributed by atoms with E-state index in [2.05, 4.69) is 11.9 Å². The average Bonchev–Trinajstić information content (AvgIpc) is 3.09. The predicted molar refractivity (Wildman–Crippen MR) is 104 cm³/mol. The minimum Gasteiger partial charge on any atom is -0.485 e. The van der Waals surface area contributed by atoms with E-state index in [4.69, 9.17) is 31.0 Å². The number of likely N-dealkylation sites (N-methyl/N-ethyl adjacent to an activating group) is 1. The van der Waals surface area contributed by atoms with Gasteiger partial charge in [-0.25, -0.2) is 9.59 Å². The summed E-state index contributed by atoms with van der Waals surface area (Å²) in [6.07, 6.45) is 4.73. The monoisotopic (exact) mass is 407 g/mol. The van der Waals surface area contributed by atoms with E-state index < -0.39 is 11.9 Å². The fourth-order valence-electron chi connectivity index (χ4n) is 2.73. The van der Waals surface area contributed by atoms with Gasteiger partial charge in [0.05, 0.1) is 6.26 Å². The SMILES string of the molecule is CN1CCc2c(Cl)ccc(OCc3ccco3)c2CC1.O=C(O)C=CC(=O)O. The van der Waals surface area contributed by atoms with Crippen molar-refractivity contribution >= 4 is 23.5 Å². The normalized spacial score (nSPS) is 13.9. The molecule has 0 radical (unpaired) electrons. The van der Waals surface area contributed by atoms with Crippen LogP contribution in [0.25, 0.3) is 0 Å². The molecule has 0 unspecified atom stereocenters. The van der Waals surface area contributed by atoms with E-state index in [-0.39, 0.29) is 0 Å². The van der Waals surface area contributed by atoms with Crippen molar-refractivity contribution < 1.29 is 29.0 Å². The average molecular weight is 408 g/mol. The zero-order valence-electron chi connectivity index (χ0n) is 15.4. The number of hydrogen-bond acceptors (Lipinski definition) is 5. The minimum absolute atomic E-state index is 0.455. The van der Waals surface area contributed by atoms with Gasteiger partial charge in [0, 0.05) is 35.8 Å². The van der Waals surface area contributed by atoms with Gasteiger partial charge in [0.25, 0.3) is 0 Å². The van der Waals surface area contributed by atoms with Crippen molar-refractivity contribution in [3.8, 4) is 5.75 Å². The smallest absolute Gasteiger partial charge is 0.328 e. The largest absolute Gasteiger partial charge is 0.485 e. The third kappa shape index (κ3) is 6.75. The van der Waals surface area contributed by atoms with Crippen LogP contribution in [0.5, 0.6) is 5.75 Å². The highest BCUT2D eigenvalue weighted by Gasteiger charge is 2.18. The van der Waals surface area contributed by atoms with Crippen LogP contribution >= 0.6 is 11.6 Å². The van der Waals surface area contributed by atoms with E-state index in [9.17, 15) is 9.59 Å². The Morgan fingerprint density at radius 1 is 1.14 bits per heavy atom. The van der Waals surface area contributed by atoms with Crippen LogP contribution in [-0.2, 0) is 29.0 Å². The molecule has 2 aromatic rings. The van der Waals surface area contributed by atoms with Gasteiger partial charge in [0.2, 0.25) is 0 Å². The van der Waals surface area contributed by atoms with Crippen molar-refractivity contribution in [1.82, 2.24) is 4.90 Å². The molecular formula is C20H22ClNO6. The van der Waals surface area contributed by atoms with Gasteiger partial charge in [-0.2, -0.15) is 0 Å². The number of carboxylic acid groups (broad SMARTS) is 2. The van der Waals surface area contributed by atoms with Gasteiger partial charge < -0.3 is 24.3 Å². The summed E-state index contributed by atoms with van der Waals surface area (Å²) in [7, 11) is 2.14. The van der Waals surface area contributed by atoms with Gasteiger partial charge in [-0.1, -0.05) is 11.6 Å². The highest BCUT2D eigenvalue weighted by Crippen LogP contribution is 2.32. The standard InChI is InChI=1S/C16H18ClNO2.C4H4O4/c1-18-8-6-13-14(7-9-18)16(5-4-15(13)17)20-11-12-3-2-10-19-12;5-3(6)1-2-4(7)8/h2-5,10H,6-9,11H2,1H3;1-2H,(H,5,6)(H,7,8). The Morgan fingerprint density at radius 3 is 2.36 bits per heavy atom. The molecule has 1 aromatic heterocycles. The van der Waals surface area contributed by atoms with Crippen molar-refractivity contribution in [1.29, 1.82) is 0 Å². The Balaban J connectivity index is 0.000000300. The number of carbonyl (C=O) groups is 2. The van der Waals surface area contributed by atoms with Gasteiger partial charge in [0.15, 0.2) is 0 Å². The van der Waals surface area contributed by atoms with Crippen molar-refractivity contribution in [2.24, 2.45) is 0 Å². The molecule has 0 aliphatic carbocycles. The van der Waals surface area contributed by atoms with Crippen LogP contribution in [0, 0.1) is 0 Å². The summed E-state index contributed by atoms with van der Waals surface area (Å²) in [5.41, 5.74) is 2.47. The molecule has 1 aliphatic rings. The van der Waals surface area contributed by atoms with E-state index >= 15 is 0 Å². The Kier molecular flexibility index (Phi) is 8.10. The zero-order chi connectivity index (χ0) is 20.5. The summed E-state index contributed by atoms with van der Waals surface area (Å²) in [5, 5.41) is 16.5. The number of furan rings is 1.